The van der Waals surface area contributed by atoms with Gasteiger partial charge in [-0.15, -0.1) is 0 Å². The number of hydrazone groups is 1. The quantitative estimate of drug-likeness (QED) is 0.339. The number of aromatic hydroxyl groups is 2. The van der Waals surface area contributed by atoms with Crippen LogP contribution in [0.2, 0.25) is 0 Å². The summed E-state index contributed by atoms with van der Waals surface area (Å²) in [6, 6.07) is 9.62. The van der Waals surface area contributed by atoms with E-state index in [1.807, 2.05) is 45.2 Å². The van der Waals surface area contributed by atoms with Crippen LogP contribution in [0.15, 0.2) is 41.5 Å². The molecule has 2 rings (SSSR count). The van der Waals surface area contributed by atoms with Crippen LogP contribution < -0.4 is 5.43 Å². The minimum Gasteiger partial charge on any atom is -0.507 e. The highest BCUT2D eigenvalue weighted by molar-refractivity contribution is 14.1. The van der Waals surface area contributed by atoms with Gasteiger partial charge < -0.3 is 10.2 Å². The minimum atomic E-state index is -0.411. The van der Waals surface area contributed by atoms with Crippen molar-refractivity contribution in [3.63, 3.8) is 0 Å². The zero-order valence-corrected chi connectivity index (χ0v) is 14.9. The third-order valence-corrected chi connectivity index (χ3v) is 4.34. The van der Waals surface area contributed by atoms with Gasteiger partial charge >= 0.3 is 0 Å². The van der Waals surface area contributed by atoms with Crippen molar-refractivity contribution in [2.75, 3.05) is 0 Å². The van der Waals surface area contributed by atoms with E-state index in [4.69, 9.17) is 0 Å². The van der Waals surface area contributed by atoms with E-state index in [1.54, 1.807) is 30.3 Å². The van der Waals surface area contributed by atoms with Gasteiger partial charge in [0, 0.05) is 5.56 Å². The molecule has 21 heavy (non-hydrogen) atoms. The van der Waals surface area contributed by atoms with E-state index >= 15 is 0 Å². The third-order valence-electron chi connectivity index (χ3n) is 2.56. The molecule has 2 aromatic rings. The number of amides is 1. The average molecular weight is 508 g/mol. The Morgan fingerprint density at radius 2 is 1.81 bits per heavy atom. The standard InChI is InChI=1S/C14H10I2N2O3/c15-10-3-2-9(6-13(10)20)14(21)18-17-7-8-1-4-12(19)11(16)5-8/h1-7,19-20H,(H,18,21)/b17-7+. The van der Waals surface area contributed by atoms with Crippen molar-refractivity contribution in [2.24, 2.45) is 5.10 Å². The van der Waals surface area contributed by atoms with Crippen LogP contribution in [0.25, 0.3) is 0 Å². The predicted molar refractivity (Wildman–Crippen MR) is 96.7 cm³/mol. The molecule has 0 fully saturated rings. The summed E-state index contributed by atoms with van der Waals surface area (Å²) in [5.41, 5.74) is 3.46. The van der Waals surface area contributed by atoms with Crippen molar-refractivity contribution in [2.45, 2.75) is 0 Å². The molecule has 108 valence electrons. The van der Waals surface area contributed by atoms with E-state index in [2.05, 4.69) is 10.5 Å². The van der Waals surface area contributed by atoms with Crippen molar-refractivity contribution in [1.82, 2.24) is 5.43 Å². The number of benzene rings is 2. The lowest BCUT2D eigenvalue weighted by molar-refractivity contribution is 0.0954. The topological polar surface area (TPSA) is 81.9 Å². The Morgan fingerprint density at radius 3 is 2.48 bits per heavy atom. The molecule has 0 aliphatic carbocycles. The summed E-state index contributed by atoms with van der Waals surface area (Å²) in [6.45, 7) is 0. The fourth-order valence-corrected chi connectivity index (χ4v) is 2.36. The van der Waals surface area contributed by atoms with Crippen LogP contribution in [0.4, 0.5) is 0 Å². The molecule has 1 amide bonds. The molecule has 0 atom stereocenters. The fourth-order valence-electron chi connectivity index (χ4n) is 1.49. The summed E-state index contributed by atoms with van der Waals surface area (Å²) in [6.07, 6.45) is 1.48. The number of rotatable bonds is 3. The molecule has 0 saturated carbocycles. The third kappa shape index (κ3) is 4.30. The Hall–Kier alpha value is -1.36. The monoisotopic (exact) mass is 508 g/mol. The lowest BCUT2D eigenvalue weighted by Gasteiger charge is -2.02. The summed E-state index contributed by atoms with van der Waals surface area (Å²) < 4.78 is 1.37. The van der Waals surface area contributed by atoms with Gasteiger partial charge in [-0.05, 0) is 87.1 Å². The molecule has 0 bridgehead atoms. The lowest BCUT2D eigenvalue weighted by Crippen LogP contribution is -2.17. The number of phenolic OH excluding ortho intramolecular Hbond substituents is 2. The van der Waals surface area contributed by atoms with Crippen LogP contribution in [-0.2, 0) is 0 Å². The molecule has 0 heterocycles. The number of phenols is 2. The zero-order chi connectivity index (χ0) is 15.4. The van der Waals surface area contributed by atoms with Gasteiger partial charge in [0.05, 0.1) is 13.4 Å². The largest absolute Gasteiger partial charge is 0.507 e. The van der Waals surface area contributed by atoms with Gasteiger partial charge in [0.25, 0.3) is 5.91 Å². The maximum atomic E-state index is 11.8. The fraction of sp³-hybridized carbons (Fsp3) is 0. The van der Waals surface area contributed by atoms with Crippen LogP contribution in [0.3, 0.4) is 0 Å². The second-order valence-electron chi connectivity index (χ2n) is 4.08. The number of carbonyl (C=O) groups is 1. The summed E-state index contributed by atoms with van der Waals surface area (Å²) in [7, 11) is 0. The van der Waals surface area contributed by atoms with Crippen LogP contribution >= 0.6 is 45.2 Å². The Morgan fingerprint density at radius 1 is 1.05 bits per heavy atom. The van der Waals surface area contributed by atoms with Gasteiger partial charge in [0.15, 0.2) is 0 Å². The van der Waals surface area contributed by atoms with Gasteiger partial charge in [-0.3, -0.25) is 4.79 Å². The average Bonchev–Trinajstić information content (AvgIpc) is 2.45. The lowest BCUT2D eigenvalue weighted by atomic mass is 10.2. The number of carbonyl (C=O) groups excluding carboxylic acids is 1. The molecule has 0 spiro atoms. The Balaban J connectivity index is 2.04. The molecular formula is C14H10I2N2O3. The molecule has 0 radical (unpaired) electrons. The molecule has 0 aliphatic rings. The first-order chi connectivity index (χ1) is 9.97. The van der Waals surface area contributed by atoms with Gasteiger partial charge in [-0.2, -0.15) is 5.10 Å². The van der Waals surface area contributed by atoms with Crippen molar-refractivity contribution in [1.29, 1.82) is 0 Å². The molecule has 0 unspecified atom stereocenters. The van der Waals surface area contributed by atoms with E-state index in [9.17, 15) is 15.0 Å². The van der Waals surface area contributed by atoms with Crippen LogP contribution in [-0.4, -0.2) is 22.3 Å². The molecule has 7 heteroatoms. The maximum absolute atomic E-state index is 11.8. The van der Waals surface area contributed by atoms with Gasteiger partial charge in [-0.1, -0.05) is 0 Å². The van der Waals surface area contributed by atoms with E-state index in [-0.39, 0.29) is 11.5 Å². The normalized spacial score (nSPS) is 10.8. The number of nitrogens with one attached hydrogen (secondary N) is 1. The predicted octanol–water partition coefficient (Wildman–Crippen LogP) is 3.07. The molecular weight excluding hydrogens is 498 g/mol. The van der Waals surface area contributed by atoms with Gasteiger partial charge in [-0.25, -0.2) is 5.43 Å². The first kappa shape index (κ1) is 16.0. The second-order valence-corrected chi connectivity index (χ2v) is 6.40. The highest BCUT2D eigenvalue weighted by Crippen LogP contribution is 2.20. The Labute approximate surface area is 148 Å². The number of nitrogens with zero attached hydrogens (tertiary/aromatic N) is 1. The molecule has 2 aromatic carbocycles. The SMILES string of the molecule is O=C(N/N=C/c1ccc(O)c(I)c1)c1ccc(I)c(O)c1. The van der Waals surface area contributed by atoms with Gasteiger partial charge in [0.1, 0.15) is 11.5 Å². The Bertz CT molecular complexity index is 717. The van der Waals surface area contributed by atoms with Crippen molar-refractivity contribution in [3.05, 3.63) is 54.7 Å². The minimum absolute atomic E-state index is 0.0558. The molecule has 5 nitrogen and oxygen atoms in total. The number of hydrogen-bond donors (Lipinski definition) is 3. The number of hydrogen-bond acceptors (Lipinski definition) is 4. The van der Waals surface area contributed by atoms with Crippen molar-refractivity contribution in [3.8, 4) is 11.5 Å². The van der Waals surface area contributed by atoms with Crippen LogP contribution in [0, 0.1) is 7.14 Å². The first-order valence-corrected chi connectivity index (χ1v) is 7.93. The van der Waals surface area contributed by atoms with Crippen LogP contribution in [0.1, 0.15) is 15.9 Å². The van der Waals surface area contributed by atoms with E-state index in [0.29, 0.717) is 12.7 Å². The summed E-state index contributed by atoms with van der Waals surface area (Å²) in [5, 5.41) is 22.8. The smallest absolute Gasteiger partial charge is 0.271 e. The van der Waals surface area contributed by atoms with E-state index in [0.717, 1.165) is 5.56 Å². The maximum Gasteiger partial charge on any atom is 0.271 e. The molecule has 3 N–H and O–H groups in total. The van der Waals surface area contributed by atoms with E-state index < -0.39 is 5.91 Å². The summed E-state index contributed by atoms with van der Waals surface area (Å²) in [5.74, 6) is -0.155. The van der Waals surface area contributed by atoms with Crippen LogP contribution in [0.5, 0.6) is 11.5 Å². The highest BCUT2D eigenvalue weighted by Gasteiger charge is 2.07. The molecule has 0 aliphatic heterocycles. The highest BCUT2D eigenvalue weighted by atomic mass is 127. The molecule has 0 aromatic heterocycles. The van der Waals surface area contributed by atoms with E-state index in [1.165, 1.54) is 12.3 Å². The second kappa shape index (κ2) is 7.07. The molecule has 0 saturated heterocycles. The Kier molecular flexibility index (Phi) is 5.39. The number of halogens is 2. The van der Waals surface area contributed by atoms with Gasteiger partial charge in [0.2, 0.25) is 0 Å². The zero-order valence-electron chi connectivity index (χ0n) is 10.5. The first-order valence-electron chi connectivity index (χ1n) is 5.78. The van der Waals surface area contributed by atoms with Crippen molar-refractivity contribution < 1.29 is 15.0 Å². The van der Waals surface area contributed by atoms with Crippen molar-refractivity contribution >= 4 is 57.3 Å². The summed E-state index contributed by atoms with van der Waals surface area (Å²) in [4.78, 5) is 11.8. The summed E-state index contributed by atoms with van der Waals surface area (Å²) >= 11 is 3.98.